The van der Waals surface area contributed by atoms with Crippen LogP contribution in [0.2, 0.25) is 0 Å². The van der Waals surface area contributed by atoms with Crippen LogP contribution in [0.1, 0.15) is 11.1 Å². The zero-order valence-electron chi connectivity index (χ0n) is 8.05. The molecule has 0 amide bonds. The minimum atomic E-state index is -4.60. The molecule has 1 aromatic carbocycles. The highest BCUT2D eigenvalue weighted by atomic mass is 35.5. The quantitative estimate of drug-likeness (QED) is 0.500. The summed E-state index contributed by atoms with van der Waals surface area (Å²) in [7, 11) is 1.19. The van der Waals surface area contributed by atoms with Crippen LogP contribution in [0.4, 0.5) is 13.2 Å². The fourth-order valence-corrected chi connectivity index (χ4v) is 1.40. The molecule has 0 radical (unpaired) electrons. The zero-order chi connectivity index (χ0) is 12.3. The molecule has 1 aromatic rings. The molecule has 0 aliphatic heterocycles. The molecule has 0 fully saturated rings. The van der Waals surface area contributed by atoms with Crippen molar-refractivity contribution < 1.29 is 23.1 Å². The predicted octanol–water partition coefficient (Wildman–Crippen LogP) is 3.09. The molecule has 0 bridgehead atoms. The van der Waals surface area contributed by atoms with Gasteiger partial charge in [-0.25, -0.2) is 0 Å². The van der Waals surface area contributed by atoms with Gasteiger partial charge in [0.2, 0.25) is 0 Å². The van der Waals surface area contributed by atoms with Crippen LogP contribution in [-0.4, -0.2) is 17.5 Å². The molecule has 7 heteroatoms. The fourth-order valence-electron chi connectivity index (χ4n) is 1.20. The van der Waals surface area contributed by atoms with Crippen LogP contribution in [-0.2, 0) is 6.18 Å². The molecule has 0 aliphatic carbocycles. The van der Waals surface area contributed by atoms with Gasteiger partial charge in [0, 0.05) is 0 Å². The van der Waals surface area contributed by atoms with Crippen molar-refractivity contribution >= 4 is 16.8 Å². The van der Waals surface area contributed by atoms with Crippen molar-refractivity contribution in [2.45, 2.75) is 6.18 Å². The van der Waals surface area contributed by atoms with Crippen molar-refractivity contribution in [1.29, 1.82) is 0 Å². The van der Waals surface area contributed by atoms with E-state index in [2.05, 4.69) is 5.16 Å². The Labute approximate surface area is 94.1 Å². The summed E-state index contributed by atoms with van der Waals surface area (Å²) in [5.74, 6) is -0.113. The average Bonchev–Trinajstić information content (AvgIpc) is 2.25. The Balaban J connectivity index is 3.50. The Morgan fingerprint density at radius 3 is 2.50 bits per heavy atom. The lowest BCUT2D eigenvalue weighted by atomic mass is 10.1. The highest BCUT2D eigenvalue weighted by Crippen LogP contribution is 2.36. The van der Waals surface area contributed by atoms with E-state index in [0.717, 1.165) is 6.07 Å². The Hall–Kier alpha value is -1.43. The van der Waals surface area contributed by atoms with E-state index >= 15 is 0 Å². The van der Waals surface area contributed by atoms with Crippen molar-refractivity contribution in [1.82, 2.24) is 0 Å². The smallest absolute Gasteiger partial charge is 0.417 e. The molecule has 0 spiro atoms. The van der Waals surface area contributed by atoms with Crippen molar-refractivity contribution in [3.05, 3.63) is 29.3 Å². The fraction of sp³-hybridized carbons (Fsp3) is 0.222. The zero-order valence-corrected chi connectivity index (χ0v) is 8.80. The minimum Gasteiger partial charge on any atom is -0.496 e. The number of oxime groups is 1. The number of halogens is 4. The summed E-state index contributed by atoms with van der Waals surface area (Å²) < 4.78 is 42.6. The average molecular weight is 254 g/mol. The first-order chi connectivity index (χ1) is 7.41. The first-order valence-corrected chi connectivity index (χ1v) is 4.41. The second-order valence-corrected chi connectivity index (χ2v) is 3.13. The Morgan fingerprint density at radius 2 is 2.06 bits per heavy atom. The van der Waals surface area contributed by atoms with E-state index in [-0.39, 0.29) is 5.75 Å². The molecule has 3 nitrogen and oxygen atoms in total. The van der Waals surface area contributed by atoms with Gasteiger partial charge in [-0.2, -0.15) is 13.2 Å². The number of alkyl halides is 3. The molecule has 1 N–H and O–H groups in total. The molecular weight excluding hydrogens is 247 g/mol. The monoisotopic (exact) mass is 253 g/mol. The SMILES string of the molecule is COc1cccc(C(F)(F)F)c1C(Cl)=NO. The van der Waals surface area contributed by atoms with Crippen LogP contribution < -0.4 is 4.74 Å². The van der Waals surface area contributed by atoms with Gasteiger partial charge in [0.05, 0.1) is 18.2 Å². The maximum atomic E-state index is 12.6. The van der Waals surface area contributed by atoms with Crippen LogP contribution in [0.25, 0.3) is 0 Å². The Bertz CT molecular complexity index is 418. The topological polar surface area (TPSA) is 41.8 Å². The van der Waals surface area contributed by atoms with Crippen LogP contribution in [0.3, 0.4) is 0 Å². The van der Waals surface area contributed by atoms with E-state index < -0.39 is 22.5 Å². The van der Waals surface area contributed by atoms with E-state index in [1.54, 1.807) is 0 Å². The van der Waals surface area contributed by atoms with Crippen molar-refractivity contribution in [2.24, 2.45) is 5.16 Å². The maximum absolute atomic E-state index is 12.6. The van der Waals surface area contributed by atoms with Gasteiger partial charge in [-0.1, -0.05) is 22.8 Å². The van der Waals surface area contributed by atoms with E-state index in [0.29, 0.717) is 0 Å². The van der Waals surface area contributed by atoms with Crippen molar-refractivity contribution in [3.63, 3.8) is 0 Å². The number of nitrogens with zero attached hydrogens (tertiary/aromatic N) is 1. The molecule has 0 unspecified atom stereocenters. The third-order valence-electron chi connectivity index (χ3n) is 1.85. The molecule has 0 aromatic heterocycles. The second kappa shape index (κ2) is 4.61. The molecule has 0 aliphatic rings. The van der Waals surface area contributed by atoms with Crippen LogP contribution in [0.5, 0.6) is 5.75 Å². The maximum Gasteiger partial charge on any atom is 0.417 e. The van der Waals surface area contributed by atoms with Crippen LogP contribution >= 0.6 is 11.6 Å². The lowest BCUT2D eigenvalue weighted by Gasteiger charge is -2.14. The van der Waals surface area contributed by atoms with E-state index in [4.69, 9.17) is 21.5 Å². The van der Waals surface area contributed by atoms with Gasteiger partial charge in [0.15, 0.2) is 5.17 Å². The first kappa shape index (κ1) is 12.6. The predicted molar refractivity (Wildman–Crippen MR) is 52.2 cm³/mol. The molecule has 16 heavy (non-hydrogen) atoms. The van der Waals surface area contributed by atoms with Gasteiger partial charge in [0.25, 0.3) is 0 Å². The number of hydrogen-bond donors (Lipinski definition) is 1. The second-order valence-electron chi connectivity index (χ2n) is 2.77. The lowest BCUT2D eigenvalue weighted by Crippen LogP contribution is -2.12. The van der Waals surface area contributed by atoms with Gasteiger partial charge < -0.3 is 9.94 Å². The summed E-state index contributed by atoms with van der Waals surface area (Å²) in [5.41, 5.74) is -1.50. The van der Waals surface area contributed by atoms with Gasteiger partial charge in [-0.05, 0) is 12.1 Å². The van der Waals surface area contributed by atoms with Crippen molar-refractivity contribution in [2.75, 3.05) is 7.11 Å². The molecular formula is C9H7ClF3NO2. The van der Waals surface area contributed by atoms with Crippen molar-refractivity contribution in [3.8, 4) is 5.75 Å². The summed E-state index contributed by atoms with van der Waals surface area (Å²) in [4.78, 5) is 0. The standard InChI is InChI=1S/C9H7ClF3NO2/c1-16-6-4-2-3-5(9(11,12)13)7(6)8(10)14-15/h2-4,15H,1H3. The first-order valence-electron chi connectivity index (χ1n) is 4.04. The van der Waals surface area contributed by atoms with Gasteiger partial charge in [-0.3, -0.25) is 0 Å². The number of ether oxygens (including phenoxy) is 1. The van der Waals surface area contributed by atoms with E-state index in [9.17, 15) is 13.2 Å². The third-order valence-corrected chi connectivity index (χ3v) is 2.11. The molecule has 0 saturated heterocycles. The Morgan fingerprint density at radius 1 is 1.44 bits per heavy atom. The normalized spacial score (nSPS) is 12.7. The number of rotatable bonds is 2. The number of hydrogen-bond acceptors (Lipinski definition) is 3. The van der Waals surface area contributed by atoms with Gasteiger partial charge in [0.1, 0.15) is 5.75 Å². The van der Waals surface area contributed by atoms with Crippen LogP contribution in [0.15, 0.2) is 23.4 Å². The minimum absolute atomic E-state index is 0.113. The highest BCUT2D eigenvalue weighted by Gasteiger charge is 2.36. The lowest BCUT2D eigenvalue weighted by molar-refractivity contribution is -0.137. The van der Waals surface area contributed by atoms with E-state index in [1.165, 1.54) is 19.2 Å². The molecule has 1 rings (SSSR count). The van der Waals surface area contributed by atoms with Crippen LogP contribution in [0, 0.1) is 0 Å². The summed E-state index contributed by atoms with van der Waals surface area (Å²) >= 11 is 5.41. The molecule has 0 atom stereocenters. The summed E-state index contributed by atoms with van der Waals surface area (Å²) in [5, 5.41) is 10.3. The number of methoxy groups -OCH3 is 1. The molecule has 0 saturated carbocycles. The highest BCUT2D eigenvalue weighted by molar-refractivity contribution is 6.70. The summed E-state index contributed by atoms with van der Waals surface area (Å²) in [6.45, 7) is 0. The largest absolute Gasteiger partial charge is 0.496 e. The summed E-state index contributed by atoms with van der Waals surface area (Å²) in [6.07, 6.45) is -4.60. The summed E-state index contributed by atoms with van der Waals surface area (Å²) in [6, 6.07) is 3.29. The van der Waals surface area contributed by atoms with Gasteiger partial charge >= 0.3 is 6.18 Å². The van der Waals surface area contributed by atoms with E-state index in [1.807, 2.05) is 0 Å². The van der Waals surface area contributed by atoms with Gasteiger partial charge in [-0.15, -0.1) is 0 Å². The Kier molecular flexibility index (Phi) is 3.64. The molecule has 0 heterocycles. The number of benzene rings is 1. The third kappa shape index (κ3) is 2.38. The molecule has 88 valence electrons.